The molecule has 1 heterocycles. The van der Waals surface area contributed by atoms with Crippen LogP contribution in [-0.4, -0.2) is 49.1 Å². The van der Waals surface area contributed by atoms with E-state index in [0.29, 0.717) is 24.5 Å². The highest BCUT2D eigenvalue weighted by atomic mass is 16.6. The van der Waals surface area contributed by atoms with Crippen molar-refractivity contribution in [1.82, 2.24) is 9.80 Å². The standard InChI is InChI=1S/C12H17N3O2/c1-14-5-7-15(8-6-14)12(16)17-11-4-2-3-10(13)9-11/h2-4,9H,5-8,13H2,1H3. The summed E-state index contributed by atoms with van der Waals surface area (Å²) in [4.78, 5) is 15.7. The van der Waals surface area contributed by atoms with E-state index < -0.39 is 0 Å². The topological polar surface area (TPSA) is 58.8 Å². The first kappa shape index (κ1) is 11.7. The van der Waals surface area contributed by atoms with E-state index in [2.05, 4.69) is 4.90 Å². The number of carbonyl (C=O) groups excluding carboxylic acids is 1. The van der Waals surface area contributed by atoms with Gasteiger partial charge in [0.2, 0.25) is 0 Å². The van der Waals surface area contributed by atoms with Crippen LogP contribution in [0.4, 0.5) is 10.5 Å². The van der Waals surface area contributed by atoms with Gasteiger partial charge in [0.05, 0.1) is 0 Å². The number of benzene rings is 1. The number of carbonyl (C=O) groups is 1. The van der Waals surface area contributed by atoms with E-state index in [1.54, 1.807) is 29.2 Å². The minimum Gasteiger partial charge on any atom is -0.410 e. The molecule has 1 aromatic rings. The number of hydrogen-bond donors (Lipinski definition) is 1. The molecule has 5 heteroatoms. The van der Waals surface area contributed by atoms with Crippen LogP contribution in [0.1, 0.15) is 0 Å². The third kappa shape index (κ3) is 3.10. The van der Waals surface area contributed by atoms with Crippen molar-refractivity contribution in [2.24, 2.45) is 0 Å². The average molecular weight is 235 g/mol. The Morgan fingerprint density at radius 3 is 2.65 bits per heavy atom. The summed E-state index contributed by atoms with van der Waals surface area (Å²) in [6.45, 7) is 3.17. The summed E-state index contributed by atoms with van der Waals surface area (Å²) in [6, 6.07) is 6.90. The second-order valence-corrected chi connectivity index (χ2v) is 4.23. The molecule has 0 radical (unpaired) electrons. The highest BCUT2D eigenvalue weighted by Gasteiger charge is 2.20. The normalized spacial score (nSPS) is 16.9. The summed E-state index contributed by atoms with van der Waals surface area (Å²) >= 11 is 0. The minimum atomic E-state index is -0.302. The molecule has 1 aromatic carbocycles. The van der Waals surface area contributed by atoms with Gasteiger partial charge in [0.15, 0.2) is 0 Å². The molecular formula is C12H17N3O2. The molecule has 1 amide bonds. The molecule has 1 aliphatic rings. The number of likely N-dealkylation sites (N-methyl/N-ethyl adjacent to an activating group) is 1. The Hall–Kier alpha value is -1.75. The van der Waals surface area contributed by atoms with Gasteiger partial charge in [-0.2, -0.15) is 0 Å². The fourth-order valence-corrected chi connectivity index (χ4v) is 1.73. The van der Waals surface area contributed by atoms with Crippen molar-refractivity contribution in [3.8, 4) is 5.75 Å². The van der Waals surface area contributed by atoms with E-state index in [1.165, 1.54) is 0 Å². The monoisotopic (exact) mass is 235 g/mol. The second-order valence-electron chi connectivity index (χ2n) is 4.23. The molecule has 2 N–H and O–H groups in total. The zero-order chi connectivity index (χ0) is 12.3. The first-order valence-electron chi connectivity index (χ1n) is 5.66. The lowest BCUT2D eigenvalue weighted by Gasteiger charge is -2.31. The maximum atomic E-state index is 11.8. The largest absolute Gasteiger partial charge is 0.415 e. The van der Waals surface area contributed by atoms with Gasteiger partial charge in [-0.3, -0.25) is 0 Å². The molecule has 1 aliphatic heterocycles. The van der Waals surface area contributed by atoms with Crippen LogP contribution in [0.2, 0.25) is 0 Å². The van der Waals surface area contributed by atoms with Gasteiger partial charge in [-0.15, -0.1) is 0 Å². The maximum absolute atomic E-state index is 11.8. The molecular weight excluding hydrogens is 218 g/mol. The van der Waals surface area contributed by atoms with Crippen LogP contribution in [0.5, 0.6) is 5.75 Å². The Balaban J connectivity index is 1.93. The van der Waals surface area contributed by atoms with Crippen LogP contribution in [0, 0.1) is 0 Å². The van der Waals surface area contributed by atoms with Crippen LogP contribution in [0.3, 0.4) is 0 Å². The fraction of sp³-hybridized carbons (Fsp3) is 0.417. The van der Waals surface area contributed by atoms with Gasteiger partial charge in [-0.05, 0) is 19.2 Å². The second kappa shape index (κ2) is 5.05. The molecule has 0 aromatic heterocycles. The van der Waals surface area contributed by atoms with E-state index >= 15 is 0 Å². The maximum Gasteiger partial charge on any atom is 0.415 e. The lowest BCUT2D eigenvalue weighted by molar-refractivity contribution is 0.120. The number of piperazine rings is 1. The van der Waals surface area contributed by atoms with Crippen molar-refractivity contribution < 1.29 is 9.53 Å². The molecule has 92 valence electrons. The lowest BCUT2D eigenvalue weighted by atomic mass is 10.3. The van der Waals surface area contributed by atoms with E-state index in [0.717, 1.165) is 13.1 Å². The number of anilines is 1. The van der Waals surface area contributed by atoms with Crippen molar-refractivity contribution in [2.75, 3.05) is 39.0 Å². The molecule has 5 nitrogen and oxygen atoms in total. The van der Waals surface area contributed by atoms with Gasteiger partial charge in [0.25, 0.3) is 0 Å². The summed E-state index contributed by atoms with van der Waals surface area (Å²) < 4.78 is 5.26. The third-order valence-electron chi connectivity index (χ3n) is 2.82. The molecule has 0 bridgehead atoms. The van der Waals surface area contributed by atoms with Crippen LogP contribution in [-0.2, 0) is 0 Å². The number of amides is 1. The molecule has 0 aliphatic carbocycles. The molecule has 0 atom stereocenters. The Morgan fingerprint density at radius 2 is 2.00 bits per heavy atom. The molecule has 1 fully saturated rings. The highest BCUT2D eigenvalue weighted by molar-refractivity contribution is 5.71. The number of nitrogen functional groups attached to an aromatic ring is 1. The first-order chi connectivity index (χ1) is 8.15. The quantitative estimate of drug-likeness (QED) is 0.738. The smallest absolute Gasteiger partial charge is 0.410 e. The van der Waals surface area contributed by atoms with Gasteiger partial charge in [0.1, 0.15) is 5.75 Å². The number of nitrogens with zero attached hydrogens (tertiary/aromatic N) is 2. The molecule has 17 heavy (non-hydrogen) atoms. The highest BCUT2D eigenvalue weighted by Crippen LogP contribution is 2.15. The van der Waals surface area contributed by atoms with Crippen molar-refractivity contribution in [3.63, 3.8) is 0 Å². The van der Waals surface area contributed by atoms with Crippen LogP contribution in [0.25, 0.3) is 0 Å². The average Bonchev–Trinajstić information content (AvgIpc) is 2.29. The van der Waals surface area contributed by atoms with E-state index in [-0.39, 0.29) is 6.09 Å². The van der Waals surface area contributed by atoms with Gasteiger partial charge >= 0.3 is 6.09 Å². The van der Waals surface area contributed by atoms with Crippen molar-refractivity contribution >= 4 is 11.8 Å². The van der Waals surface area contributed by atoms with Gasteiger partial charge in [-0.25, -0.2) is 4.79 Å². The zero-order valence-corrected chi connectivity index (χ0v) is 9.93. The summed E-state index contributed by atoms with van der Waals surface area (Å²) in [6.07, 6.45) is -0.302. The first-order valence-corrected chi connectivity index (χ1v) is 5.66. The van der Waals surface area contributed by atoms with E-state index in [4.69, 9.17) is 10.5 Å². The third-order valence-corrected chi connectivity index (χ3v) is 2.82. The molecule has 0 unspecified atom stereocenters. The number of rotatable bonds is 1. The van der Waals surface area contributed by atoms with Gasteiger partial charge in [-0.1, -0.05) is 6.07 Å². The lowest BCUT2D eigenvalue weighted by Crippen LogP contribution is -2.48. The number of nitrogens with two attached hydrogens (primary N) is 1. The Kier molecular flexibility index (Phi) is 3.49. The predicted molar refractivity (Wildman–Crippen MR) is 65.9 cm³/mol. The summed E-state index contributed by atoms with van der Waals surface area (Å²) in [7, 11) is 2.04. The minimum absolute atomic E-state index is 0.302. The SMILES string of the molecule is CN1CCN(C(=O)Oc2cccc(N)c2)CC1. The zero-order valence-electron chi connectivity index (χ0n) is 9.93. The Morgan fingerprint density at radius 1 is 1.29 bits per heavy atom. The van der Waals surface area contributed by atoms with Gasteiger partial charge in [0, 0.05) is 37.9 Å². The van der Waals surface area contributed by atoms with Crippen LogP contribution in [0.15, 0.2) is 24.3 Å². The number of ether oxygens (including phenoxy) is 1. The molecule has 1 saturated heterocycles. The van der Waals surface area contributed by atoms with Crippen LogP contribution < -0.4 is 10.5 Å². The van der Waals surface area contributed by atoms with Crippen molar-refractivity contribution in [3.05, 3.63) is 24.3 Å². The van der Waals surface area contributed by atoms with Gasteiger partial charge < -0.3 is 20.3 Å². The molecule has 0 saturated carbocycles. The summed E-state index contributed by atoms with van der Waals surface area (Å²) in [5.41, 5.74) is 6.21. The summed E-state index contributed by atoms with van der Waals surface area (Å²) in [5, 5.41) is 0. The van der Waals surface area contributed by atoms with Crippen molar-refractivity contribution in [1.29, 1.82) is 0 Å². The van der Waals surface area contributed by atoms with E-state index in [9.17, 15) is 4.79 Å². The Bertz CT molecular complexity index is 400. The fourth-order valence-electron chi connectivity index (χ4n) is 1.73. The van der Waals surface area contributed by atoms with Crippen LogP contribution >= 0.6 is 0 Å². The van der Waals surface area contributed by atoms with Crippen molar-refractivity contribution in [2.45, 2.75) is 0 Å². The molecule has 0 spiro atoms. The predicted octanol–water partition coefficient (Wildman–Crippen LogP) is 1.02. The Labute approximate surface area is 101 Å². The number of hydrogen-bond acceptors (Lipinski definition) is 4. The summed E-state index contributed by atoms with van der Waals surface area (Å²) in [5.74, 6) is 0.494. The molecule has 2 rings (SSSR count). The van der Waals surface area contributed by atoms with E-state index in [1.807, 2.05) is 7.05 Å².